The lowest BCUT2D eigenvalue weighted by molar-refractivity contribution is 0.0145. The second-order valence-electron chi connectivity index (χ2n) is 5.56. The maximum Gasteiger partial charge on any atom is 0.249 e. The first-order valence-corrected chi connectivity index (χ1v) is 7.74. The van der Waals surface area contributed by atoms with Crippen LogP contribution in [-0.2, 0) is 4.84 Å². The fourth-order valence-electron chi connectivity index (χ4n) is 3.24. The molecule has 0 amide bonds. The summed E-state index contributed by atoms with van der Waals surface area (Å²) in [5.41, 5.74) is 5.90. The highest BCUT2D eigenvalue weighted by molar-refractivity contribution is 6.14. The lowest BCUT2D eigenvalue weighted by Crippen LogP contribution is -2.28. The van der Waals surface area contributed by atoms with Gasteiger partial charge in [0.1, 0.15) is 0 Å². The molecule has 2 heteroatoms. The van der Waals surface area contributed by atoms with Crippen molar-refractivity contribution in [1.29, 1.82) is 0 Å². The van der Waals surface area contributed by atoms with E-state index < -0.39 is 0 Å². The molecule has 0 unspecified atom stereocenters. The van der Waals surface area contributed by atoms with Gasteiger partial charge in [-0.1, -0.05) is 59.2 Å². The first kappa shape index (κ1) is 13.9. The van der Waals surface area contributed by atoms with Crippen LogP contribution in [0.2, 0.25) is 0 Å². The largest absolute Gasteiger partial charge is 0.249 e. The summed E-state index contributed by atoms with van der Waals surface area (Å²) in [6.45, 7) is 0. The van der Waals surface area contributed by atoms with Gasteiger partial charge in [0.2, 0.25) is 11.4 Å². The zero-order valence-corrected chi connectivity index (χ0v) is 13.0. The Morgan fingerprint density at radius 3 is 1.35 bits per heavy atom. The topological polar surface area (TPSA) is 9.23 Å². The van der Waals surface area contributed by atoms with Crippen LogP contribution in [0.15, 0.2) is 91.0 Å². The smallest absolute Gasteiger partial charge is 0.189 e. The Labute approximate surface area is 136 Å². The van der Waals surface area contributed by atoms with Crippen LogP contribution in [-0.4, -0.2) is 7.11 Å². The van der Waals surface area contributed by atoms with Crippen LogP contribution in [0, 0.1) is 0 Å². The number of benzene rings is 3. The summed E-state index contributed by atoms with van der Waals surface area (Å²) in [5, 5.41) is 0. The molecule has 23 heavy (non-hydrogen) atoms. The van der Waals surface area contributed by atoms with Crippen molar-refractivity contribution in [3.63, 3.8) is 0 Å². The summed E-state index contributed by atoms with van der Waals surface area (Å²) in [5.74, 6) is 0. The predicted octanol–water partition coefficient (Wildman–Crippen LogP) is 5.09. The molecule has 112 valence electrons. The van der Waals surface area contributed by atoms with E-state index in [4.69, 9.17) is 4.84 Å². The average molecular weight is 300 g/mol. The third-order valence-electron chi connectivity index (χ3n) is 4.29. The minimum Gasteiger partial charge on any atom is -0.189 e. The fraction of sp³-hybridized carbons (Fsp3) is 0.0476. The molecule has 0 N–H and O–H groups in total. The van der Waals surface area contributed by atoms with Crippen molar-refractivity contribution in [3.8, 4) is 0 Å². The van der Waals surface area contributed by atoms with Crippen molar-refractivity contribution in [2.75, 3.05) is 7.11 Å². The Hall–Kier alpha value is -2.68. The van der Waals surface area contributed by atoms with E-state index in [9.17, 15) is 0 Å². The van der Waals surface area contributed by atoms with E-state index in [0.29, 0.717) is 4.65 Å². The summed E-state index contributed by atoms with van der Waals surface area (Å²) in [4.78, 5) is 6.03. The Morgan fingerprint density at radius 2 is 0.957 bits per heavy atom. The number of hydrogen-bond acceptors (Lipinski definition) is 1. The summed E-state index contributed by atoms with van der Waals surface area (Å²) < 4.78 is 0.356. The van der Waals surface area contributed by atoms with Crippen LogP contribution >= 0.6 is 0 Å². The number of hydrogen-bond donors (Lipinski definition) is 0. The second kappa shape index (κ2) is 5.51. The Morgan fingerprint density at radius 1 is 0.565 bits per heavy atom. The Bertz CT molecular complexity index is 789. The van der Waals surface area contributed by atoms with Gasteiger partial charge in [0.15, 0.2) is 5.69 Å². The molecular formula is C21H18NO+. The highest BCUT2D eigenvalue weighted by Crippen LogP contribution is 2.58. The highest BCUT2D eigenvalue weighted by atomic mass is 16.7. The molecule has 1 aliphatic heterocycles. The Balaban J connectivity index is 1.91. The van der Waals surface area contributed by atoms with Crippen LogP contribution in [0.5, 0.6) is 0 Å². The quantitative estimate of drug-likeness (QED) is 0.609. The van der Waals surface area contributed by atoms with Crippen molar-refractivity contribution in [1.82, 2.24) is 4.65 Å². The molecule has 0 saturated heterocycles. The zero-order chi connectivity index (χ0) is 15.7. The van der Waals surface area contributed by atoms with Gasteiger partial charge in [0.05, 0.1) is 7.11 Å². The lowest BCUT2D eigenvalue weighted by atomic mass is 10.1. The summed E-state index contributed by atoms with van der Waals surface area (Å²) in [6.07, 6.45) is 0. The molecule has 0 aliphatic carbocycles. The highest BCUT2D eigenvalue weighted by Gasteiger charge is 2.62. The molecule has 3 aromatic rings. The lowest BCUT2D eigenvalue weighted by Gasteiger charge is -2.17. The van der Waals surface area contributed by atoms with E-state index in [2.05, 4.69) is 72.8 Å². The summed E-state index contributed by atoms with van der Waals surface area (Å²) in [6, 6.07) is 31.3. The van der Waals surface area contributed by atoms with Gasteiger partial charge < -0.3 is 0 Å². The number of hydroxylamine groups is 2. The van der Waals surface area contributed by atoms with Crippen molar-refractivity contribution in [2.24, 2.45) is 0 Å². The van der Waals surface area contributed by atoms with Crippen LogP contribution in [0.4, 0.5) is 5.69 Å². The molecule has 1 heterocycles. The molecule has 0 radical (unpaired) electrons. The first-order valence-electron chi connectivity index (χ1n) is 7.74. The zero-order valence-electron chi connectivity index (χ0n) is 13.0. The van der Waals surface area contributed by atoms with E-state index in [0.717, 1.165) is 5.69 Å². The van der Waals surface area contributed by atoms with Gasteiger partial charge in [-0.15, -0.1) is 0 Å². The maximum atomic E-state index is 6.03. The molecule has 1 aliphatic rings. The average Bonchev–Trinajstić information content (AvgIpc) is 3.34. The van der Waals surface area contributed by atoms with Gasteiger partial charge in [0.25, 0.3) is 0 Å². The molecule has 4 rings (SSSR count). The third kappa shape index (κ3) is 2.12. The summed E-state index contributed by atoms with van der Waals surface area (Å²) >= 11 is 0. The van der Waals surface area contributed by atoms with Crippen molar-refractivity contribution < 1.29 is 4.84 Å². The van der Waals surface area contributed by atoms with Gasteiger partial charge in [-0.2, -0.15) is 4.84 Å². The minimum atomic E-state index is 0.356. The van der Waals surface area contributed by atoms with E-state index >= 15 is 0 Å². The molecule has 0 saturated carbocycles. The van der Waals surface area contributed by atoms with Crippen LogP contribution in [0.1, 0.15) is 11.1 Å². The van der Waals surface area contributed by atoms with Gasteiger partial charge in [0, 0.05) is 23.3 Å². The van der Waals surface area contributed by atoms with Crippen LogP contribution in [0.25, 0.3) is 11.4 Å². The monoisotopic (exact) mass is 300 g/mol. The Kier molecular flexibility index (Phi) is 3.34. The number of quaternary nitrogens is 1. The molecular weight excluding hydrogens is 282 g/mol. The molecule has 0 aromatic heterocycles. The minimum absolute atomic E-state index is 0.356. The number of nitrogens with zero attached hydrogens (tertiary/aromatic N) is 1. The van der Waals surface area contributed by atoms with E-state index in [1.165, 1.54) is 22.5 Å². The van der Waals surface area contributed by atoms with Crippen molar-refractivity contribution >= 4 is 17.1 Å². The van der Waals surface area contributed by atoms with Crippen molar-refractivity contribution in [2.45, 2.75) is 0 Å². The number of rotatable bonds is 4. The van der Waals surface area contributed by atoms with E-state index in [1.54, 1.807) is 7.11 Å². The molecule has 2 nitrogen and oxygen atoms in total. The molecule has 0 atom stereocenters. The SMILES string of the molecule is CO[N+]1(c2ccccc2)C(c2ccccc2)=C1c1ccccc1. The van der Waals surface area contributed by atoms with E-state index in [1.807, 2.05) is 18.2 Å². The van der Waals surface area contributed by atoms with Gasteiger partial charge in [-0.25, -0.2) is 0 Å². The summed E-state index contributed by atoms with van der Waals surface area (Å²) in [7, 11) is 1.77. The molecule has 0 spiro atoms. The maximum absolute atomic E-state index is 6.03. The van der Waals surface area contributed by atoms with Crippen LogP contribution < -0.4 is 4.65 Å². The third-order valence-corrected chi connectivity index (χ3v) is 4.29. The van der Waals surface area contributed by atoms with Crippen molar-refractivity contribution in [3.05, 3.63) is 102 Å². The normalized spacial score (nSPS) is 15.5. The fourth-order valence-corrected chi connectivity index (χ4v) is 3.24. The van der Waals surface area contributed by atoms with E-state index in [-0.39, 0.29) is 0 Å². The first-order chi connectivity index (χ1) is 11.4. The van der Waals surface area contributed by atoms with Gasteiger partial charge in [-0.05, 0) is 24.3 Å². The molecule has 0 fully saturated rings. The number of para-hydroxylation sites is 1. The van der Waals surface area contributed by atoms with Gasteiger partial charge in [-0.3, -0.25) is 0 Å². The molecule has 3 aromatic carbocycles. The standard InChI is InChI=1S/C21H18NO/c1-23-22(19-15-9-4-10-16-19)20(17-11-5-2-6-12-17)21(22)18-13-7-3-8-14-18/h2-16H,1H3/q+1. The second-order valence-corrected chi connectivity index (χ2v) is 5.56. The predicted molar refractivity (Wildman–Crippen MR) is 94.9 cm³/mol. The van der Waals surface area contributed by atoms with Gasteiger partial charge >= 0.3 is 0 Å². The molecule has 0 bridgehead atoms. The van der Waals surface area contributed by atoms with Crippen LogP contribution in [0.3, 0.4) is 0 Å².